The Morgan fingerprint density at radius 3 is 2.82 bits per heavy atom. The van der Waals surface area contributed by atoms with Crippen LogP contribution in [-0.2, 0) is 0 Å². The zero-order chi connectivity index (χ0) is 11.8. The molecule has 84 valence electrons. The van der Waals surface area contributed by atoms with Gasteiger partial charge in [0.25, 0.3) is 0 Å². The molecule has 1 aromatic carbocycles. The predicted octanol–water partition coefficient (Wildman–Crippen LogP) is 3.70. The van der Waals surface area contributed by atoms with E-state index in [1.54, 1.807) is 16.8 Å². The Hall–Kier alpha value is -1.58. The van der Waals surface area contributed by atoms with E-state index < -0.39 is 0 Å². The van der Waals surface area contributed by atoms with Crippen molar-refractivity contribution in [2.24, 2.45) is 0 Å². The fourth-order valence-electron chi connectivity index (χ4n) is 1.68. The minimum absolute atomic E-state index is 0.384. The summed E-state index contributed by atoms with van der Waals surface area (Å²) in [7, 11) is 0. The monoisotopic (exact) mass is 263 g/mol. The summed E-state index contributed by atoms with van der Waals surface area (Å²) >= 11 is 12.0. The number of rotatable bonds is 1. The predicted molar refractivity (Wildman–Crippen MR) is 68.4 cm³/mol. The van der Waals surface area contributed by atoms with Crippen LogP contribution in [0.25, 0.3) is 16.9 Å². The molecule has 5 heteroatoms. The molecule has 0 saturated heterocycles. The molecule has 0 N–H and O–H groups in total. The van der Waals surface area contributed by atoms with Crippen LogP contribution >= 0.6 is 23.2 Å². The van der Waals surface area contributed by atoms with Crippen LogP contribution < -0.4 is 0 Å². The second-order valence-electron chi connectivity index (χ2n) is 3.58. The van der Waals surface area contributed by atoms with Crippen LogP contribution in [0.2, 0.25) is 10.3 Å². The molecule has 0 atom stereocenters. The molecule has 0 unspecified atom stereocenters. The van der Waals surface area contributed by atoms with Crippen molar-refractivity contribution in [3.8, 4) is 11.3 Å². The van der Waals surface area contributed by atoms with E-state index in [-0.39, 0.29) is 0 Å². The highest BCUT2D eigenvalue weighted by atomic mass is 35.5. The zero-order valence-electron chi connectivity index (χ0n) is 8.64. The van der Waals surface area contributed by atoms with Gasteiger partial charge in [-0.1, -0.05) is 23.7 Å². The molecule has 3 nitrogen and oxygen atoms in total. The Balaban J connectivity index is 2.23. The lowest BCUT2D eigenvalue weighted by Crippen LogP contribution is -1.92. The molecule has 0 aliphatic heterocycles. The molecule has 3 rings (SSSR count). The van der Waals surface area contributed by atoms with E-state index in [0.29, 0.717) is 10.3 Å². The molecule has 0 amide bonds. The maximum Gasteiger partial charge on any atom is 0.209 e. The van der Waals surface area contributed by atoms with Gasteiger partial charge >= 0.3 is 0 Å². The smallest absolute Gasteiger partial charge is 0.209 e. The van der Waals surface area contributed by atoms with Gasteiger partial charge in [-0.25, -0.2) is 9.97 Å². The molecule has 0 aliphatic carbocycles. The zero-order valence-corrected chi connectivity index (χ0v) is 10.2. The fourth-order valence-corrected chi connectivity index (χ4v) is 2.11. The lowest BCUT2D eigenvalue weighted by Gasteiger charge is -2.03. The van der Waals surface area contributed by atoms with Gasteiger partial charge in [-0.15, -0.1) is 0 Å². The summed E-state index contributed by atoms with van der Waals surface area (Å²) in [5, 5.41) is 1.05. The van der Waals surface area contributed by atoms with E-state index >= 15 is 0 Å². The minimum atomic E-state index is 0.384. The summed E-state index contributed by atoms with van der Waals surface area (Å²) in [6, 6.07) is 9.35. The number of halogens is 2. The van der Waals surface area contributed by atoms with Crippen molar-refractivity contribution in [3.63, 3.8) is 0 Å². The lowest BCUT2D eigenvalue weighted by molar-refractivity contribution is 1.09. The van der Waals surface area contributed by atoms with Crippen LogP contribution in [0.1, 0.15) is 0 Å². The number of nitrogens with zero attached hydrogens (tertiary/aromatic N) is 3. The number of fused-ring (bicyclic) bond motifs is 1. The number of hydrogen-bond acceptors (Lipinski definition) is 2. The molecular weight excluding hydrogens is 257 g/mol. The molecule has 0 saturated carbocycles. The van der Waals surface area contributed by atoms with E-state index in [9.17, 15) is 0 Å². The highest BCUT2D eigenvalue weighted by Crippen LogP contribution is 2.23. The van der Waals surface area contributed by atoms with Gasteiger partial charge in [0.1, 0.15) is 5.65 Å². The van der Waals surface area contributed by atoms with Crippen molar-refractivity contribution < 1.29 is 0 Å². The molecule has 2 aromatic heterocycles. The van der Waals surface area contributed by atoms with Crippen molar-refractivity contribution in [3.05, 3.63) is 53.0 Å². The Morgan fingerprint density at radius 2 is 2.00 bits per heavy atom. The number of hydrogen-bond donors (Lipinski definition) is 0. The number of imidazole rings is 1. The first kappa shape index (κ1) is 10.6. The van der Waals surface area contributed by atoms with Crippen LogP contribution in [0.4, 0.5) is 0 Å². The summed E-state index contributed by atoms with van der Waals surface area (Å²) in [6.45, 7) is 0. The van der Waals surface area contributed by atoms with E-state index in [4.69, 9.17) is 23.2 Å². The molecule has 17 heavy (non-hydrogen) atoms. The van der Waals surface area contributed by atoms with Gasteiger partial charge in [0, 0.05) is 29.0 Å². The third-order valence-corrected chi connectivity index (χ3v) is 2.97. The van der Waals surface area contributed by atoms with Gasteiger partial charge in [-0.3, -0.25) is 4.40 Å². The van der Waals surface area contributed by atoms with Crippen LogP contribution in [0, 0.1) is 0 Å². The van der Waals surface area contributed by atoms with E-state index in [0.717, 1.165) is 16.9 Å². The first-order valence-electron chi connectivity index (χ1n) is 4.99. The third kappa shape index (κ3) is 1.88. The molecule has 2 heterocycles. The van der Waals surface area contributed by atoms with Crippen molar-refractivity contribution in [2.75, 3.05) is 0 Å². The van der Waals surface area contributed by atoms with E-state index in [1.807, 2.05) is 30.3 Å². The Bertz CT molecular complexity index is 691. The quantitative estimate of drug-likeness (QED) is 0.627. The molecular formula is C12H7Cl2N3. The largest absolute Gasteiger partial charge is 0.274 e. The summed E-state index contributed by atoms with van der Waals surface area (Å²) in [5.74, 6) is 0. The molecule has 0 spiro atoms. The van der Waals surface area contributed by atoms with Crippen molar-refractivity contribution >= 4 is 28.8 Å². The molecule has 0 radical (unpaired) electrons. The standard InChI is InChI=1S/C12H7Cl2N3/c13-9-3-1-2-8(6-9)10-7-11-15-4-5-17(11)12(14)16-10/h1-7H. The summed E-state index contributed by atoms with van der Waals surface area (Å²) in [6.07, 6.45) is 3.46. The Kier molecular flexibility index (Phi) is 2.50. The van der Waals surface area contributed by atoms with Crippen LogP contribution in [-0.4, -0.2) is 14.4 Å². The van der Waals surface area contributed by atoms with E-state index in [2.05, 4.69) is 9.97 Å². The van der Waals surface area contributed by atoms with Crippen molar-refractivity contribution in [2.45, 2.75) is 0 Å². The fraction of sp³-hybridized carbons (Fsp3) is 0. The lowest BCUT2D eigenvalue weighted by atomic mass is 10.1. The van der Waals surface area contributed by atoms with Gasteiger partial charge in [0.15, 0.2) is 0 Å². The second kappa shape index (κ2) is 4.02. The van der Waals surface area contributed by atoms with Gasteiger partial charge in [-0.05, 0) is 23.7 Å². The molecule has 0 aliphatic rings. The first-order valence-corrected chi connectivity index (χ1v) is 5.75. The van der Waals surface area contributed by atoms with E-state index in [1.165, 1.54) is 0 Å². The van der Waals surface area contributed by atoms with Gasteiger partial charge in [0.2, 0.25) is 5.28 Å². The van der Waals surface area contributed by atoms with Crippen LogP contribution in [0.3, 0.4) is 0 Å². The average molecular weight is 264 g/mol. The van der Waals surface area contributed by atoms with Crippen molar-refractivity contribution in [1.29, 1.82) is 0 Å². The maximum atomic E-state index is 6.07. The van der Waals surface area contributed by atoms with Gasteiger partial charge in [0.05, 0.1) is 5.69 Å². The van der Waals surface area contributed by atoms with Crippen LogP contribution in [0.15, 0.2) is 42.7 Å². The normalized spacial score (nSPS) is 10.9. The van der Waals surface area contributed by atoms with Crippen LogP contribution in [0.5, 0.6) is 0 Å². The molecule has 3 aromatic rings. The summed E-state index contributed by atoms with van der Waals surface area (Å²) in [5.41, 5.74) is 2.45. The summed E-state index contributed by atoms with van der Waals surface area (Å²) < 4.78 is 1.72. The Labute approximate surface area is 108 Å². The SMILES string of the molecule is Clc1cccc(-c2cc3nccn3c(Cl)n2)c1. The van der Waals surface area contributed by atoms with Crippen molar-refractivity contribution in [1.82, 2.24) is 14.4 Å². The first-order chi connectivity index (χ1) is 8.24. The second-order valence-corrected chi connectivity index (χ2v) is 4.35. The third-order valence-electron chi connectivity index (χ3n) is 2.47. The summed E-state index contributed by atoms with van der Waals surface area (Å²) in [4.78, 5) is 8.51. The Morgan fingerprint density at radius 1 is 1.12 bits per heavy atom. The highest BCUT2D eigenvalue weighted by molar-refractivity contribution is 6.31. The average Bonchev–Trinajstić information content (AvgIpc) is 2.77. The number of benzene rings is 1. The van der Waals surface area contributed by atoms with Gasteiger partial charge < -0.3 is 0 Å². The molecule has 0 bridgehead atoms. The highest BCUT2D eigenvalue weighted by Gasteiger charge is 2.06. The number of aromatic nitrogens is 3. The minimum Gasteiger partial charge on any atom is -0.274 e. The topological polar surface area (TPSA) is 30.2 Å². The maximum absolute atomic E-state index is 6.07. The van der Waals surface area contributed by atoms with Gasteiger partial charge in [-0.2, -0.15) is 0 Å². The molecule has 0 fully saturated rings.